The monoisotopic (exact) mass is 202 g/mol. The summed E-state index contributed by atoms with van der Waals surface area (Å²) in [6, 6.07) is 8.17. The topological polar surface area (TPSA) is 17.3 Å². The number of benzene rings is 1. The molecule has 1 aromatic carbocycles. The van der Waals surface area contributed by atoms with Gasteiger partial charge in [-0.2, -0.15) is 0 Å². The van der Waals surface area contributed by atoms with E-state index in [1.807, 2.05) is 30.1 Å². The number of halogens is 1. The highest BCUT2D eigenvalue weighted by molar-refractivity contribution is 5.81. The van der Waals surface area contributed by atoms with E-state index in [0.717, 1.165) is 5.56 Å². The molecule has 0 fully saturated rings. The van der Waals surface area contributed by atoms with Gasteiger partial charge in [0.1, 0.15) is 5.82 Å². The number of aliphatic imine (C=N–C) groups is 1. The lowest BCUT2D eigenvalue weighted by molar-refractivity contribution is 0.628. The van der Waals surface area contributed by atoms with E-state index in [1.54, 1.807) is 18.3 Å². The molecule has 0 N–H and O–H groups in total. The second kappa shape index (κ2) is 4.09. The highest BCUT2D eigenvalue weighted by Gasteiger charge is 1.92. The molecule has 2 aromatic rings. The molecule has 0 spiro atoms. The van der Waals surface area contributed by atoms with Crippen LogP contribution in [0.5, 0.6) is 0 Å². The Hall–Kier alpha value is -1.90. The van der Waals surface area contributed by atoms with Crippen molar-refractivity contribution >= 4 is 11.9 Å². The van der Waals surface area contributed by atoms with E-state index >= 15 is 0 Å². The van der Waals surface area contributed by atoms with Gasteiger partial charge in [-0.1, -0.05) is 6.07 Å². The molecule has 0 aliphatic carbocycles. The van der Waals surface area contributed by atoms with Crippen molar-refractivity contribution in [3.8, 4) is 0 Å². The molecular formula is C12H11FN2. The van der Waals surface area contributed by atoms with Gasteiger partial charge >= 0.3 is 0 Å². The van der Waals surface area contributed by atoms with E-state index in [1.165, 1.54) is 12.1 Å². The Morgan fingerprint density at radius 2 is 2.20 bits per heavy atom. The molecule has 76 valence electrons. The van der Waals surface area contributed by atoms with Gasteiger partial charge in [0.05, 0.1) is 5.69 Å². The molecule has 0 radical (unpaired) electrons. The van der Waals surface area contributed by atoms with Crippen LogP contribution in [0.4, 0.5) is 10.1 Å². The molecule has 0 aliphatic heterocycles. The third-order valence-corrected chi connectivity index (χ3v) is 2.03. The van der Waals surface area contributed by atoms with Gasteiger partial charge in [-0.3, -0.25) is 4.99 Å². The van der Waals surface area contributed by atoms with Crippen LogP contribution in [0, 0.1) is 5.82 Å². The number of nitrogens with zero attached hydrogens (tertiary/aromatic N) is 2. The van der Waals surface area contributed by atoms with Gasteiger partial charge in [0.25, 0.3) is 0 Å². The van der Waals surface area contributed by atoms with E-state index in [9.17, 15) is 4.39 Å². The third kappa shape index (κ3) is 2.53. The minimum absolute atomic E-state index is 0.266. The molecule has 0 unspecified atom stereocenters. The highest BCUT2D eigenvalue weighted by atomic mass is 19.1. The van der Waals surface area contributed by atoms with Crippen LogP contribution in [0.2, 0.25) is 0 Å². The van der Waals surface area contributed by atoms with Crippen molar-refractivity contribution in [3.05, 3.63) is 54.1 Å². The van der Waals surface area contributed by atoms with Crippen molar-refractivity contribution in [1.82, 2.24) is 4.57 Å². The number of aromatic nitrogens is 1. The fourth-order valence-electron chi connectivity index (χ4n) is 1.31. The summed E-state index contributed by atoms with van der Waals surface area (Å²) in [6.45, 7) is 0. The Morgan fingerprint density at radius 1 is 1.33 bits per heavy atom. The average Bonchev–Trinajstić information content (AvgIpc) is 2.62. The zero-order chi connectivity index (χ0) is 10.7. The van der Waals surface area contributed by atoms with Crippen LogP contribution in [0.1, 0.15) is 5.56 Å². The molecule has 3 heteroatoms. The normalized spacial score (nSPS) is 11.1. The molecule has 15 heavy (non-hydrogen) atoms. The summed E-state index contributed by atoms with van der Waals surface area (Å²) in [5.74, 6) is -0.266. The van der Waals surface area contributed by atoms with Crippen molar-refractivity contribution in [2.45, 2.75) is 0 Å². The summed E-state index contributed by atoms with van der Waals surface area (Å²) in [6.07, 6.45) is 5.60. The minimum atomic E-state index is -0.266. The highest BCUT2D eigenvalue weighted by Crippen LogP contribution is 2.12. The van der Waals surface area contributed by atoms with Gasteiger partial charge in [0.15, 0.2) is 0 Å². The van der Waals surface area contributed by atoms with Crippen LogP contribution < -0.4 is 0 Å². The first-order valence-corrected chi connectivity index (χ1v) is 4.66. The molecule has 0 saturated carbocycles. The summed E-state index contributed by atoms with van der Waals surface area (Å²) < 4.78 is 14.8. The van der Waals surface area contributed by atoms with Gasteiger partial charge in [-0.05, 0) is 24.3 Å². The number of hydrogen-bond donors (Lipinski definition) is 0. The molecular weight excluding hydrogens is 191 g/mol. The maximum Gasteiger partial charge on any atom is 0.125 e. The standard InChI is InChI=1S/C12H11FN2/c1-15-6-5-10(9-15)8-14-12-4-2-3-11(13)7-12/h2-9H,1H3. The van der Waals surface area contributed by atoms with Crippen LogP contribution in [0.15, 0.2) is 47.7 Å². The van der Waals surface area contributed by atoms with Gasteiger partial charge in [0.2, 0.25) is 0 Å². The summed E-state index contributed by atoms with van der Waals surface area (Å²) in [7, 11) is 1.94. The Kier molecular flexibility index (Phi) is 2.63. The first-order valence-electron chi connectivity index (χ1n) is 4.66. The molecule has 0 amide bonds. The van der Waals surface area contributed by atoms with E-state index in [-0.39, 0.29) is 5.82 Å². The maximum absolute atomic E-state index is 12.8. The van der Waals surface area contributed by atoms with Crippen molar-refractivity contribution in [3.63, 3.8) is 0 Å². The first-order chi connectivity index (χ1) is 7.24. The summed E-state index contributed by atoms with van der Waals surface area (Å²) >= 11 is 0. The predicted molar refractivity (Wildman–Crippen MR) is 59.1 cm³/mol. The molecule has 0 atom stereocenters. The van der Waals surface area contributed by atoms with E-state index in [2.05, 4.69) is 4.99 Å². The zero-order valence-electron chi connectivity index (χ0n) is 8.39. The van der Waals surface area contributed by atoms with Crippen LogP contribution >= 0.6 is 0 Å². The molecule has 1 aromatic heterocycles. The van der Waals surface area contributed by atoms with Crippen LogP contribution in [-0.2, 0) is 7.05 Å². The molecule has 0 aliphatic rings. The first kappa shape index (κ1) is 9.65. The lowest BCUT2D eigenvalue weighted by Crippen LogP contribution is -1.80. The van der Waals surface area contributed by atoms with Gasteiger partial charge in [0, 0.05) is 31.2 Å². The number of rotatable bonds is 2. The summed E-state index contributed by atoms with van der Waals surface area (Å²) in [4.78, 5) is 4.17. The lowest BCUT2D eigenvalue weighted by Gasteiger charge is -1.92. The van der Waals surface area contributed by atoms with Gasteiger partial charge in [-0.15, -0.1) is 0 Å². The fourth-order valence-corrected chi connectivity index (χ4v) is 1.31. The second-order valence-corrected chi connectivity index (χ2v) is 3.35. The summed E-state index contributed by atoms with van der Waals surface area (Å²) in [5, 5.41) is 0. The number of hydrogen-bond acceptors (Lipinski definition) is 1. The molecule has 2 nitrogen and oxygen atoms in total. The maximum atomic E-state index is 12.8. The lowest BCUT2D eigenvalue weighted by atomic mass is 10.3. The van der Waals surface area contributed by atoms with E-state index in [4.69, 9.17) is 0 Å². The summed E-state index contributed by atoms with van der Waals surface area (Å²) in [5.41, 5.74) is 1.63. The second-order valence-electron chi connectivity index (χ2n) is 3.35. The minimum Gasteiger partial charge on any atom is -0.357 e. The van der Waals surface area contributed by atoms with Crippen molar-refractivity contribution < 1.29 is 4.39 Å². The van der Waals surface area contributed by atoms with Crippen LogP contribution in [0.25, 0.3) is 0 Å². The molecule has 2 rings (SSSR count). The molecule has 0 saturated heterocycles. The van der Waals surface area contributed by atoms with Crippen LogP contribution in [0.3, 0.4) is 0 Å². The quantitative estimate of drug-likeness (QED) is 0.666. The molecule has 1 heterocycles. The van der Waals surface area contributed by atoms with Crippen molar-refractivity contribution in [2.75, 3.05) is 0 Å². The van der Waals surface area contributed by atoms with Crippen molar-refractivity contribution in [2.24, 2.45) is 12.0 Å². The fraction of sp³-hybridized carbons (Fsp3) is 0.0833. The van der Waals surface area contributed by atoms with E-state index in [0.29, 0.717) is 5.69 Å². The SMILES string of the molecule is Cn1ccc(C=Nc2cccc(F)c2)c1. The van der Waals surface area contributed by atoms with E-state index < -0.39 is 0 Å². The predicted octanol–water partition coefficient (Wildman–Crippen LogP) is 2.91. The Bertz CT molecular complexity index is 486. The zero-order valence-corrected chi connectivity index (χ0v) is 8.39. The number of aryl methyl sites for hydroxylation is 1. The largest absolute Gasteiger partial charge is 0.357 e. The average molecular weight is 202 g/mol. The Balaban J connectivity index is 2.18. The Labute approximate surface area is 87.7 Å². The Morgan fingerprint density at radius 3 is 2.87 bits per heavy atom. The van der Waals surface area contributed by atoms with Gasteiger partial charge in [-0.25, -0.2) is 4.39 Å². The molecule has 0 bridgehead atoms. The van der Waals surface area contributed by atoms with Crippen molar-refractivity contribution in [1.29, 1.82) is 0 Å². The smallest absolute Gasteiger partial charge is 0.125 e. The van der Waals surface area contributed by atoms with Gasteiger partial charge < -0.3 is 4.57 Å². The van der Waals surface area contributed by atoms with Crippen LogP contribution in [-0.4, -0.2) is 10.8 Å². The third-order valence-electron chi connectivity index (χ3n) is 2.03.